The van der Waals surface area contributed by atoms with Crippen LogP contribution < -0.4 is 5.32 Å². The lowest BCUT2D eigenvalue weighted by Gasteiger charge is -2.09. The van der Waals surface area contributed by atoms with E-state index in [9.17, 15) is 13.2 Å². The van der Waals surface area contributed by atoms with Crippen molar-refractivity contribution in [3.05, 3.63) is 41.9 Å². The number of hydrogen-bond acceptors (Lipinski definition) is 3. The average Bonchev–Trinajstić information content (AvgIpc) is 3.02. The Morgan fingerprint density at radius 3 is 2.87 bits per heavy atom. The maximum Gasteiger partial charge on any atom is 0.224 e. The maximum atomic E-state index is 12.1. The molecule has 5 nitrogen and oxygen atoms in total. The highest BCUT2D eigenvalue weighted by atomic mass is 32.2. The summed E-state index contributed by atoms with van der Waals surface area (Å²) in [5.74, 6) is -0.363. The van der Waals surface area contributed by atoms with E-state index in [0.29, 0.717) is 0 Å². The topological polar surface area (TPSA) is 68.2 Å². The number of benzene rings is 1. The van der Waals surface area contributed by atoms with E-state index in [1.54, 1.807) is 6.08 Å². The Morgan fingerprint density at radius 1 is 1.35 bits per heavy atom. The van der Waals surface area contributed by atoms with Gasteiger partial charge in [-0.1, -0.05) is 13.0 Å². The molecule has 1 aliphatic rings. The van der Waals surface area contributed by atoms with Crippen molar-refractivity contribution in [1.29, 1.82) is 0 Å². The van der Waals surface area contributed by atoms with Crippen molar-refractivity contribution < 1.29 is 13.2 Å². The van der Waals surface area contributed by atoms with Crippen molar-refractivity contribution in [2.45, 2.75) is 26.3 Å². The number of fused-ring (bicyclic) bond motifs is 1. The zero-order valence-corrected chi connectivity index (χ0v) is 13.8. The van der Waals surface area contributed by atoms with E-state index < -0.39 is 9.84 Å². The van der Waals surface area contributed by atoms with Crippen LogP contribution in [0.5, 0.6) is 0 Å². The number of nitrogens with zero attached hydrogens (tertiary/aromatic N) is 1. The Hall–Kier alpha value is -2.08. The van der Waals surface area contributed by atoms with Crippen LogP contribution in [0.15, 0.2) is 41.9 Å². The van der Waals surface area contributed by atoms with Crippen molar-refractivity contribution in [3.63, 3.8) is 0 Å². The van der Waals surface area contributed by atoms with E-state index >= 15 is 0 Å². The summed E-state index contributed by atoms with van der Waals surface area (Å²) >= 11 is 0. The first-order valence-electron chi connectivity index (χ1n) is 7.76. The minimum atomic E-state index is -3.11. The van der Waals surface area contributed by atoms with E-state index in [4.69, 9.17) is 0 Å². The molecule has 1 unspecified atom stereocenters. The molecule has 2 aromatic rings. The molecule has 1 N–H and O–H groups in total. The predicted octanol–water partition coefficient (Wildman–Crippen LogP) is 2.94. The van der Waals surface area contributed by atoms with Gasteiger partial charge >= 0.3 is 0 Å². The molecule has 0 saturated carbocycles. The van der Waals surface area contributed by atoms with E-state index in [1.165, 1.54) is 5.41 Å². The molecule has 0 fully saturated rings. The maximum absolute atomic E-state index is 12.1. The zero-order valence-electron chi connectivity index (χ0n) is 13.0. The number of carbonyl (C=O) groups excluding carboxylic acids is 1. The van der Waals surface area contributed by atoms with Crippen LogP contribution in [0.4, 0.5) is 5.69 Å². The summed E-state index contributed by atoms with van der Waals surface area (Å²) in [6, 6.07) is 7.86. The minimum Gasteiger partial charge on any atom is -0.347 e. The van der Waals surface area contributed by atoms with Gasteiger partial charge in [0, 0.05) is 47.1 Å². The summed E-state index contributed by atoms with van der Waals surface area (Å²) < 4.78 is 24.9. The van der Waals surface area contributed by atoms with Crippen molar-refractivity contribution in [2.75, 3.05) is 11.1 Å². The standard InChI is InChI=1S/C17H20N2O3S/c1-2-7-19-8-5-14-11-15(3-4-16(14)19)18-17(20)10-13-6-9-23(21,22)12-13/h3-6,8-9,11,13H,2,7,10,12H2,1H3,(H,18,20). The summed E-state index contributed by atoms with van der Waals surface area (Å²) in [6.45, 7) is 3.11. The third-order valence-electron chi connectivity index (χ3n) is 3.97. The third kappa shape index (κ3) is 3.64. The van der Waals surface area contributed by atoms with E-state index in [0.717, 1.165) is 29.6 Å². The number of rotatable bonds is 5. The Bertz CT molecular complexity index is 865. The summed E-state index contributed by atoms with van der Waals surface area (Å²) in [4.78, 5) is 12.1. The smallest absolute Gasteiger partial charge is 0.224 e. The lowest BCUT2D eigenvalue weighted by atomic mass is 10.1. The molecule has 6 heteroatoms. The first-order chi connectivity index (χ1) is 11.0. The number of allylic oxidation sites excluding steroid dienone is 1. The second-order valence-corrected chi connectivity index (χ2v) is 7.88. The molecule has 0 radical (unpaired) electrons. The molecule has 122 valence electrons. The zero-order chi connectivity index (χ0) is 16.4. The largest absolute Gasteiger partial charge is 0.347 e. The molecule has 1 atom stereocenters. The molecule has 0 spiro atoms. The second-order valence-electron chi connectivity index (χ2n) is 5.95. The summed E-state index contributed by atoms with van der Waals surface area (Å²) in [6.07, 6.45) is 4.90. The first-order valence-corrected chi connectivity index (χ1v) is 9.48. The highest BCUT2D eigenvalue weighted by Crippen LogP contribution is 2.22. The Kier molecular flexibility index (Phi) is 4.26. The molecule has 23 heavy (non-hydrogen) atoms. The SMILES string of the molecule is CCCn1ccc2cc(NC(=O)CC3C=CS(=O)(=O)C3)ccc21. The number of aromatic nitrogens is 1. The van der Waals surface area contributed by atoms with Gasteiger partial charge in [0.1, 0.15) is 0 Å². The van der Waals surface area contributed by atoms with Crippen molar-refractivity contribution in [3.8, 4) is 0 Å². The number of amides is 1. The fraction of sp³-hybridized carbons (Fsp3) is 0.353. The van der Waals surface area contributed by atoms with Crippen LogP contribution in [0.3, 0.4) is 0 Å². The molecular weight excluding hydrogens is 312 g/mol. The Morgan fingerprint density at radius 2 is 2.17 bits per heavy atom. The van der Waals surface area contributed by atoms with E-state index in [2.05, 4.69) is 16.8 Å². The molecule has 3 rings (SSSR count). The minimum absolute atomic E-state index is 0.0271. The van der Waals surface area contributed by atoms with Crippen LogP contribution in [0, 0.1) is 5.92 Å². The molecule has 1 aliphatic heterocycles. The predicted molar refractivity (Wildman–Crippen MR) is 91.9 cm³/mol. The van der Waals surface area contributed by atoms with Crippen molar-refractivity contribution in [2.24, 2.45) is 5.92 Å². The average molecular weight is 332 g/mol. The van der Waals surface area contributed by atoms with E-state index in [1.807, 2.05) is 30.5 Å². The fourth-order valence-corrected chi connectivity index (χ4v) is 4.33. The molecule has 2 heterocycles. The highest BCUT2D eigenvalue weighted by molar-refractivity contribution is 7.94. The van der Waals surface area contributed by atoms with Gasteiger partial charge in [0.25, 0.3) is 0 Å². The van der Waals surface area contributed by atoms with Crippen LogP contribution in [0.25, 0.3) is 10.9 Å². The Balaban J connectivity index is 1.67. The van der Waals surface area contributed by atoms with Gasteiger partial charge in [0.15, 0.2) is 9.84 Å². The lowest BCUT2D eigenvalue weighted by Crippen LogP contribution is -2.17. The summed E-state index contributed by atoms with van der Waals surface area (Å²) in [5, 5.41) is 5.14. The van der Waals surface area contributed by atoms with Gasteiger partial charge in [-0.25, -0.2) is 8.42 Å². The number of aryl methyl sites for hydroxylation is 1. The van der Waals surface area contributed by atoms with E-state index in [-0.39, 0.29) is 24.0 Å². The van der Waals surface area contributed by atoms with Gasteiger partial charge < -0.3 is 9.88 Å². The molecule has 0 saturated heterocycles. The molecule has 1 amide bonds. The van der Waals surface area contributed by atoms with Gasteiger partial charge in [-0.05, 0) is 30.7 Å². The normalized spacial score (nSPS) is 19.3. The lowest BCUT2D eigenvalue weighted by molar-refractivity contribution is -0.116. The number of hydrogen-bond donors (Lipinski definition) is 1. The van der Waals surface area contributed by atoms with Crippen LogP contribution in [0.2, 0.25) is 0 Å². The Labute approximate surface area is 135 Å². The number of carbonyl (C=O) groups is 1. The molecule has 0 bridgehead atoms. The summed E-state index contributed by atoms with van der Waals surface area (Å²) in [7, 11) is -3.11. The second kappa shape index (κ2) is 6.20. The van der Waals surface area contributed by atoms with Crippen molar-refractivity contribution >= 4 is 32.3 Å². The van der Waals surface area contributed by atoms with Crippen LogP contribution in [-0.2, 0) is 21.2 Å². The first kappa shape index (κ1) is 15.8. The van der Waals surface area contributed by atoms with Crippen LogP contribution in [0.1, 0.15) is 19.8 Å². The van der Waals surface area contributed by atoms with Crippen LogP contribution in [-0.4, -0.2) is 24.6 Å². The molecule has 1 aromatic heterocycles. The number of sulfone groups is 1. The van der Waals surface area contributed by atoms with Gasteiger partial charge in [-0.2, -0.15) is 0 Å². The highest BCUT2D eigenvalue weighted by Gasteiger charge is 2.23. The monoisotopic (exact) mass is 332 g/mol. The van der Waals surface area contributed by atoms with Gasteiger partial charge in [0.2, 0.25) is 5.91 Å². The fourth-order valence-electron chi connectivity index (χ4n) is 2.93. The van der Waals surface area contributed by atoms with Gasteiger partial charge in [0.05, 0.1) is 5.75 Å². The van der Waals surface area contributed by atoms with Crippen molar-refractivity contribution in [1.82, 2.24) is 4.57 Å². The number of nitrogens with one attached hydrogen (secondary N) is 1. The van der Waals surface area contributed by atoms with Gasteiger partial charge in [-0.15, -0.1) is 0 Å². The molecule has 0 aliphatic carbocycles. The third-order valence-corrected chi connectivity index (χ3v) is 5.44. The summed E-state index contributed by atoms with van der Waals surface area (Å²) in [5.41, 5.74) is 1.89. The molecule has 1 aromatic carbocycles. The number of anilines is 1. The molecular formula is C17H20N2O3S. The quantitative estimate of drug-likeness (QED) is 0.915. The van der Waals surface area contributed by atoms with Gasteiger partial charge in [-0.3, -0.25) is 4.79 Å². The van der Waals surface area contributed by atoms with Crippen LogP contribution >= 0.6 is 0 Å².